The van der Waals surface area contributed by atoms with Crippen molar-refractivity contribution in [3.05, 3.63) is 28.8 Å². The van der Waals surface area contributed by atoms with Gasteiger partial charge >= 0.3 is 0 Å². The third kappa shape index (κ3) is 3.03. The van der Waals surface area contributed by atoms with Gasteiger partial charge in [-0.2, -0.15) is 0 Å². The number of halogens is 1. The van der Waals surface area contributed by atoms with E-state index in [1.54, 1.807) is 6.07 Å². The second-order valence-corrected chi connectivity index (χ2v) is 4.87. The van der Waals surface area contributed by atoms with Crippen molar-refractivity contribution in [2.75, 3.05) is 24.6 Å². The first-order valence-electron chi connectivity index (χ1n) is 6.36. The number of carbonyl (C=O) groups is 1. The van der Waals surface area contributed by atoms with E-state index in [0.717, 1.165) is 44.5 Å². The summed E-state index contributed by atoms with van der Waals surface area (Å²) in [5, 5.41) is 0.523. The van der Waals surface area contributed by atoms with Crippen LogP contribution in [-0.4, -0.2) is 32.1 Å². The lowest BCUT2D eigenvalue weighted by Gasteiger charge is -2.33. The molecule has 1 aliphatic heterocycles. The largest absolute Gasteiger partial charge is 0.378 e. The maximum absolute atomic E-state index is 10.7. The fourth-order valence-electron chi connectivity index (χ4n) is 2.32. The second kappa shape index (κ2) is 6.21. The van der Waals surface area contributed by atoms with Crippen molar-refractivity contribution in [2.45, 2.75) is 25.9 Å². The van der Waals surface area contributed by atoms with Gasteiger partial charge in [0.05, 0.1) is 11.1 Å². The average molecular weight is 268 g/mol. The van der Waals surface area contributed by atoms with Gasteiger partial charge in [0.2, 0.25) is 0 Å². The van der Waals surface area contributed by atoms with Crippen LogP contribution >= 0.6 is 11.6 Å². The zero-order valence-corrected chi connectivity index (χ0v) is 11.3. The fraction of sp³-hybridized carbons (Fsp3) is 0.500. The molecule has 18 heavy (non-hydrogen) atoms. The van der Waals surface area contributed by atoms with Crippen LogP contribution in [-0.2, 0) is 4.74 Å². The quantitative estimate of drug-likeness (QED) is 0.785. The highest BCUT2D eigenvalue weighted by Gasteiger charge is 2.19. The molecule has 1 aromatic rings. The Morgan fingerprint density at radius 3 is 2.72 bits per heavy atom. The van der Waals surface area contributed by atoms with E-state index >= 15 is 0 Å². The molecule has 0 radical (unpaired) electrons. The Morgan fingerprint density at radius 1 is 1.44 bits per heavy atom. The molecule has 0 N–H and O–H groups in total. The molecule has 4 heteroatoms. The second-order valence-electron chi connectivity index (χ2n) is 4.47. The number of hydrogen-bond donors (Lipinski definition) is 0. The summed E-state index contributed by atoms with van der Waals surface area (Å²) in [7, 11) is 0. The summed E-state index contributed by atoms with van der Waals surface area (Å²) < 4.78 is 5.63. The third-order valence-corrected chi connectivity index (χ3v) is 3.65. The van der Waals surface area contributed by atoms with Gasteiger partial charge in [-0.25, -0.2) is 0 Å². The number of anilines is 1. The fourth-order valence-corrected chi connectivity index (χ4v) is 2.54. The molecule has 98 valence electrons. The topological polar surface area (TPSA) is 29.5 Å². The number of ether oxygens (including phenoxy) is 1. The van der Waals surface area contributed by atoms with Crippen LogP contribution in [0.3, 0.4) is 0 Å². The lowest BCUT2D eigenvalue weighted by Crippen LogP contribution is -2.37. The Balaban J connectivity index is 2.01. The van der Waals surface area contributed by atoms with Gasteiger partial charge in [-0.3, -0.25) is 4.79 Å². The molecule has 1 saturated heterocycles. The van der Waals surface area contributed by atoms with Gasteiger partial charge in [-0.1, -0.05) is 11.6 Å². The highest BCUT2D eigenvalue weighted by molar-refractivity contribution is 6.33. The molecule has 1 aromatic carbocycles. The standard InChI is InChI=1S/C14H18ClNO2/c1-2-18-13-5-7-16(8-6-13)12-4-3-11(10-17)14(15)9-12/h3-4,9-10,13H,2,5-8H2,1H3. The van der Waals surface area contributed by atoms with Gasteiger partial charge in [0.15, 0.2) is 6.29 Å². The summed E-state index contributed by atoms with van der Waals surface area (Å²) in [5.41, 5.74) is 1.63. The highest BCUT2D eigenvalue weighted by atomic mass is 35.5. The van der Waals surface area contributed by atoms with E-state index in [4.69, 9.17) is 16.3 Å². The van der Waals surface area contributed by atoms with Gasteiger partial charge in [-0.05, 0) is 38.0 Å². The lowest BCUT2D eigenvalue weighted by molar-refractivity contribution is 0.0459. The Labute approximate surface area is 113 Å². The number of rotatable bonds is 4. The molecule has 0 spiro atoms. The van der Waals surface area contributed by atoms with Crippen molar-refractivity contribution in [2.24, 2.45) is 0 Å². The average Bonchev–Trinajstić information content (AvgIpc) is 2.40. The molecule has 0 aliphatic carbocycles. The monoisotopic (exact) mass is 267 g/mol. The minimum atomic E-state index is 0.385. The zero-order valence-electron chi connectivity index (χ0n) is 10.6. The molecule has 0 bridgehead atoms. The van der Waals surface area contributed by atoms with E-state index in [0.29, 0.717) is 16.7 Å². The predicted octanol–water partition coefficient (Wildman–Crippen LogP) is 3.16. The van der Waals surface area contributed by atoms with Crippen LogP contribution in [0, 0.1) is 0 Å². The first kappa shape index (κ1) is 13.4. The molecule has 1 aliphatic rings. The minimum absolute atomic E-state index is 0.385. The first-order chi connectivity index (χ1) is 8.74. The number of aldehydes is 1. The summed E-state index contributed by atoms with van der Waals surface area (Å²) in [5.74, 6) is 0. The van der Waals surface area contributed by atoms with Crippen LogP contribution in [0.5, 0.6) is 0 Å². The molecule has 1 fully saturated rings. The summed E-state index contributed by atoms with van der Waals surface area (Å²) in [6, 6.07) is 5.60. The summed E-state index contributed by atoms with van der Waals surface area (Å²) in [4.78, 5) is 13.0. The molecule has 0 saturated carbocycles. The third-order valence-electron chi connectivity index (χ3n) is 3.32. The molecular formula is C14H18ClNO2. The predicted molar refractivity (Wildman–Crippen MR) is 73.7 cm³/mol. The molecule has 0 unspecified atom stereocenters. The molecule has 0 aromatic heterocycles. The minimum Gasteiger partial charge on any atom is -0.378 e. The molecule has 2 rings (SSSR count). The Hall–Kier alpha value is -1.06. The Morgan fingerprint density at radius 2 is 2.17 bits per heavy atom. The van der Waals surface area contributed by atoms with Crippen LogP contribution < -0.4 is 4.90 Å². The number of hydrogen-bond acceptors (Lipinski definition) is 3. The van der Waals surface area contributed by atoms with E-state index < -0.39 is 0 Å². The molecule has 3 nitrogen and oxygen atoms in total. The number of nitrogens with zero attached hydrogens (tertiary/aromatic N) is 1. The molecule has 0 amide bonds. The maximum atomic E-state index is 10.7. The highest BCUT2D eigenvalue weighted by Crippen LogP contribution is 2.26. The van der Waals surface area contributed by atoms with Crippen LogP contribution in [0.4, 0.5) is 5.69 Å². The smallest absolute Gasteiger partial charge is 0.151 e. The number of carbonyl (C=O) groups excluding carboxylic acids is 1. The van der Waals surface area contributed by atoms with Gasteiger partial charge in [0.1, 0.15) is 0 Å². The van der Waals surface area contributed by atoms with Crippen LogP contribution in [0.25, 0.3) is 0 Å². The van der Waals surface area contributed by atoms with E-state index in [-0.39, 0.29) is 0 Å². The van der Waals surface area contributed by atoms with Gasteiger partial charge in [-0.15, -0.1) is 0 Å². The Bertz CT molecular complexity index is 414. The van der Waals surface area contributed by atoms with Gasteiger partial charge in [0, 0.05) is 30.9 Å². The summed E-state index contributed by atoms with van der Waals surface area (Å²) in [6.07, 6.45) is 3.26. The van der Waals surface area contributed by atoms with Crippen molar-refractivity contribution in [3.8, 4) is 0 Å². The lowest BCUT2D eigenvalue weighted by atomic mass is 10.1. The molecule has 0 atom stereocenters. The normalized spacial score (nSPS) is 16.9. The Kier molecular flexibility index (Phi) is 4.61. The summed E-state index contributed by atoms with van der Waals surface area (Å²) in [6.45, 7) is 4.76. The van der Waals surface area contributed by atoms with E-state index in [9.17, 15) is 4.79 Å². The van der Waals surface area contributed by atoms with Crippen molar-refractivity contribution >= 4 is 23.6 Å². The maximum Gasteiger partial charge on any atom is 0.151 e. The van der Waals surface area contributed by atoms with E-state index in [1.165, 1.54) is 0 Å². The van der Waals surface area contributed by atoms with E-state index in [1.807, 2.05) is 19.1 Å². The van der Waals surface area contributed by atoms with Gasteiger partial charge in [0.25, 0.3) is 0 Å². The number of piperidine rings is 1. The van der Waals surface area contributed by atoms with Crippen LogP contribution in [0.1, 0.15) is 30.1 Å². The zero-order chi connectivity index (χ0) is 13.0. The number of benzene rings is 1. The van der Waals surface area contributed by atoms with Crippen molar-refractivity contribution < 1.29 is 9.53 Å². The summed E-state index contributed by atoms with van der Waals surface area (Å²) >= 11 is 6.04. The SMILES string of the molecule is CCOC1CCN(c2ccc(C=O)c(Cl)c2)CC1. The van der Waals surface area contributed by atoms with Crippen molar-refractivity contribution in [1.82, 2.24) is 0 Å². The molecule has 1 heterocycles. The van der Waals surface area contributed by atoms with Crippen LogP contribution in [0.2, 0.25) is 5.02 Å². The molecular weight excluding hydrogens is 250 g/mol. The van der Waals surface area contributed by atoms with E-state index in [2.05, 4.69) is 4.90 Å². The van der Waals surface area contributed by atoms with Gasteiger partial charge < -0.3 is 9.64 Å². The first-order valence-corrected chi connectivity index (χ1v) is 6.73. The van der Waals surface area contributed by atoms with Crippen molar-refractivity contribution in [1.29, 1.82) is 0 Å². The van der Waals surface area contributed by atoms with Crippen molar-refractivity contribution in [3.63, 3.8) is 0 Å². The van der Waals surface area contributed by atoms with Crippen LogP contribution in [0.15, 0.2) is 18.2 Å².